The topological polar surface area (TPSA) is 64.7 Å². The van der Waals surface area contributed by atoms with E-state index >= 15 is 0 Å². The van der Waals surface area contributed by atoms with Crippen molar-refractivity contribution in [2.45, 2.75) is 25.9 Å². The molecule has 2 aromatic heterocycles. The molecule has 3 rings (SSSR count). The molecule has 1 aromatic carbocycles. The Balaban J connectivity index is 1.70. The zero-order valence-electron chi connectivity index (χ0n) is 14.5. The van der Waals surface area contributed by atoms with Crippen LogP contribution in [0.25, 0.3) is 0 Å². The van der Waals surface area contributed by atoms with Crippen molar-refractivity contribution in [3.8, 4) is 0 Å². The average molecular weight is 434 g/mol. The Kier molecular flexibility index (Phi) is 6.16. The lowest BCUT2D eigenvalue weighted by atomic mass is 10.2. The van der Waals surface area contributed by atoms with Gasteiger partial charge in [0.15, 0.2) is 0 Å². The zero-order chi connectivity index (χ0) is 21.1. The number of hydrogen-bond donors (Lipinski definition) is 1. The normalized spacial score (nSPS) is 11.4. The summed E-state index contributed by atoms with van der Waals surface area (Å²) in [6.45, 7) is -0.658. The van der Waals surface area contributed by atoms with E-state index in [4.69, 9.17) is 11.6 Å². The maximum absolute atomic E-state index is 13.7. The molecule has 0 unspecified atom stereocenters. The van der Waals surface area contributed by atoms with Gasteiger partial charge in [-0.05, 0) is 6.07 Å². The lowest BCUT2D eigenvalue weighted by Crippen LogP contribution is -2.21. The van der Waals surface area contributed by atoms with Crippen LogP contribution in [0.4, 0.5) is 27.6 Å². The van der Waals surface area contributed by atoms with Crippen LogP contribution in [0, 0.1) is 5.82 Å². The van der Waals surface area contributed by atoms with Gasteiger partial charge in [0.25, 0.3) is 12.9 Å². The Hall–Kier alpha value is -2.95. The van der Waals surface area contributed by atoms with E-state index < -0.39 is 47.5 Å². The Bertz CT molecular complexity index is 1020. The molecule has 0 aliphatic rings. The number of nitrogens with one attached hydrogen (secondary N) is 1. The fraction of sp³-hybridized carbons (Fsp3) is 0.235. The number of halogens is 6. The van der Waals surface area contributed by atoms with E-state index in [1.54, 1.807) is 18.2 Å². The van der Waals surface area contributed by atoms with Gasteiger partial charge in [-0.3, -0.25) is 14.2 Å². The summed E-state index contributed by atoms with van der Waals surface area (Å²) in [5.74, 6) is -1.23. The fourth-order valence-electron chi connectivity index (χ4n) is 2.59. The van der Waals surface area contributed by atoms with E-state index in [9.17, 15) is 26.7 Å². The Labute approximate surface area is 165 Å². The molecule has 0 saturated carbocycles. The zero-order valence-corrected chi connectivity index (χ0v) is 15.3. The second kappa shape index (κ2) is 8.60. The monoisotopic (exact) mass is 433 g/mol. The summed E-state index contributed by atoms with van der Waals surface area (Å²) in [5.41, 5.74) is -1.40. The van der Waals surface area contributed by atoms with E-state index in [2.05, 4.69) is 15.5 Å². The van der Waals surface area contributed by atoms with Gasteiger partial charge >= 0.3 is 0 Å². The van der Waals surface area contributed by atoms with Gasteiger partial charge in [0.05, 0.1) is 23.5 Å². The predicted molar refractivity (Wildman–Crippen MR) is 93.5 cm³/mol. The minimum Gasteiger partial charge on any atom is -0.322 e. The number of aromatic nitrogens is 4. The van der Waals surface area contributed by atoms with Crippen molar-refractivity contribution in [2.24, 2.45) is 0 Å². The van der Waals surface area contributed by atoms with Gasteiger partial charge in [-0.1, -0.05) is 29.8 Å². The molecule has 0 atom stereocenters. The minimum atomic E-state index is -3.20. The number of alkyl halides is 4. The van der Waals surface area contributed by atoms with E-state index in [0.717, 1.165) is 0 Å². The fourth-order valence-corrected chi connectivity index (χ4v) is 2.89. The number of nitrogens with zero attached hydrogens (tertiary/aromatic N) is 4. The SMILES string of the molecule is O=C(Cn1nc(C(F)F)c(Cl)c1C(F)F)Nc1cnn(Cc2ccccc2F)c1. The van der Waals surface area contributed by atoms with Crippen LogP contribution in [0.5, 0.6) is 0 Å². The molecule has 0 aliphatic carbocycles. The molecular formula is C17H13ClF5N5O. The van der Waals surface area contributed by atoms with Crippen molar-refractivity contribution in [1.29, 1.82) is 0 Å². The van der Waals surface area contributed by atoms with Crippen molar-refractivity contribution in [1.82, 2.24) is 19.6 Å². The molecule has 0 aliphatic heterocycles. The summed E-state index contributed by atoms with van der Waals surface area (Å²) < 4.78 is 67.4. The first-order chi connectivity index (χ1) is 13.8. The number of amides is 1. The van der Waals surface area contributed by atoms with E-state index in [1.165, 1.54) is 23.1 Å². The number of anilines is 1. The van der Waals surface area contributed by atoms with Gasteiger partial charge in [-0.25, -0.2) is 22.0 Å². The number of carbonyl (C=O) groups excluding carboxylic acids is 1. The van der Waals surface area contributed by atoms with Gasteiger partial charge < -0.3 is 5.32 Å². The lowest BCUT2D eigenvalue weighted by Gasteiger charge is -2.07. The molecule has 0 bridgehead atoms. The van der Waals surface area contributed by atoms with Crippen molar-refractivity contribution >= 4 is 23.2 Å². The molecule has 29 heavy (non-hydrogen) atoms. The Morgan fingerprint density at radius 3 is 2.55 bits per heavy atom. The number of benzene rings is 1. The molecule has 1 amide bonds. The maximum Gasteiger partial charge on any atom is 0.283 e. The van der Waals surface area contributed by atoms with Crippen molar-refractivity contribution in [3.05, 3.63) is 64.5 Å². The molecular weight excluding hydrogens is 421 g/mol. The van der Waals surface area contributed by atoms with E-state index in [-0.39, 0.29) is 12.2 Å². The number of rotatable bonds is 7. The van der Waals surface area contributed by atoms with Gasteiger partial charge in [0.1, 0.15) is 23.7 Å². The van der Waals surface area contributed by atoms with Crippen molar-refractivity contribution in [3.63, 3.8) is 0 Å². The van der Waals surface area contributed by atoms with Gasteiger partial charge in [-0.15, -0.1) is 0 Å². The third-order valence-corrected chi connectivity index (χ3v) is 4.26. The van der Waals surface area contributed by atoms with E-state index in [0.29, 0.717) is 10.2 Å². The first-order valence-corrected chi connectivity index (χ1v) is 8.52. The van der Waals surface area contributed by atoms with Crippen LogP contribution in [0.2, 0.25) is 5.02 Å². The van der Waals surface area contributed by atoms with Crippen LogP contribution in [0.15, 0.2) is 36.7 Å². The van der Waals surface area contributed by atoms with Crippen LogP contribution >= 0.6 is 11.6 Å². The van der Waals surface area contributed by atoms with Crippen LogP contribution in [0.3, 0.4) is 0 Å². The summed E-state index contributed by atoms with van der Waals surface area (Å²) in [5, 5.41) is 8.80. The largest absolute Gasteiger partial charge is 0.322 e. The summed E-state index contributed by atoms with van der Waals surface area (Å²) in [6.07, 6.45) is -3.69. The first kappa shape index (κ1) is 20.8. The summed E-state index contributed by atoms with van der Waals surface area (Å²) in [6, 6.07) is 6.07. The van der Waals surface area contributed by atoms with Crippen LogP contribution in [-0.4, -0.2) is 25.5 Å². The first-order valence-electron chi connectivity index (χ1n) is 8.14. The lowest BCUT2D eigenvalue weighted by molar-refractivity contribution is -0.117. The minimum absolute atomic E-state index is 0.102. The molecule has 0 saturated heterocycles. The van der Waals surface area contributed by atoms with E-state index in [1.807, 2.05) is 0 Å². The van der Waals surface area contributed by atoms with Crippen LogP contribution in [0.1, 0.15) is 29.8 Å². The smallest absolute Gasteiger partial charge is 0.283 e. The third kappa shape index (κ3) is 4.73. The highest BCUT2D eigenvalue weighted by Gasteiger charge is 2.28. The molecule has 6 nitrogen and oxygen atoms in total. The molecule has 3 aromatic rings. The average Bonchev–Trinajstić information content (AvgIpc) is 3.20. The maximum atomic E-state index is 13.7. The number of carbonyl (C=O) groups is 1. The quantitative estimate of drug-likeness (QED) is 0.560. The molecule has 154 valence electrons. The Morgan fingerprint density at radius 2 is 1.90 bits per heavy atom. The van der Waals surface area contributed by atoms with Crippen molar-refractivity contribution in [2.75, 3.05) is 5.32 Å². The highest BCUT2D eigenvalue weighted by Crippen LogP contribution is 2.34. The molecule has 1 N–H and O–H groups in total. The van der Waals surface area contributed by atoms with Gasteiger partial charge in [0.2, 0.25) is 5.91 Å². The third-order valence-electron chi connectivity index (χ3n) is 3.87. The highest BCUT2D eigenvalue weighted by atomic mass is 35.5. The summed E-state index contributed by atoms with van der Waals surface area (Å²) in [4.78, 5) is 12.1. The Morgan fingerprint density at radius 1 is 1.17 bits per heavy atom. The summed E-state index contributed by atoms with van der Waals surface area (Å²) >= 11 is 5.54. The molecule has 0 fully saturated rings. The predicted octanol–water partition coefficient (Wildman–Crippen LogP) is 4.43. The van der Waals surface area contributed by atoms with Crippen LogP contribution in [-0.2, 0) is 17.9 Å². The van der Waals surface area contributed by atoms with Crippen LogP contribution < -0.4 is 5.32 Å². The second-order valence-electron chi connectivity index (χ2n) is 5.91. The molecule has 0 spiro atoms. The van der Waals surface area contributed by atoms with Gasteiger partial charge in [-0.2, -0.15) is 10.2 Å². The standard InChI is InChI=1S/C17H13ClF5N5O/c18-13-14(16(20)21)26-28(15(13)17(22)23)8-12(29)25-10-5-24-27(7-10)6-9-3-1-2-4-11(9)19/h1-5,7,16-17H,6,8H2,(H,25,29). The molecule has 12 heteroatoms. The summed E-state index contributed by atoms with van der Waals surface area (Å²) in [7, 11) is 0. The van der Waals surface area contributed by atoms with Gasteiger partial charge in [0, 0.05) is 11.8 Å². The van der Waals surface area contributed by atoms with Crippen molar-refractivity contribution < 1.29 is 26.7 Å². The highest BCUT2D eigenvalue weighted by molar-refractivity contribution is 6.32. The molecule has 0 radical (unpaired) electrons. The molecule has 2 heterocycles. The number of hydrogen-bond acceptors (Lipinski definition) is 3. The second-order valence-corrected chi connectivity index (χ2v) is 6.29.